The first kappa shape index (κ1) is 20.7. The molecule has 0 radical (unpaired) electrons. The summed E-state index contributed by atoms with van der Waals surface area (Å²) in [4.78, 5) is 28.6. The standard InChI is InChI=1S/C22H24N4O2S/c1-15(2)18-6-4-5-7-19(18)26-13-12-23-22(26)29-14-20(27)24-25-21(28)17-10-8-16(3)9-11-17/h4-13,15H,14H2,1-3H3,(H,24,27)(H,25,28). The third kappa shape index (κ3) is 5.26. The lowest BCUT2D eigenvalue weighted by molar-refractivity contribution is -0.119. The van der Waals surface area contributed by atoms with Gasteiger partial charge in [-0.15, -0.1) is 0 Å². The Morgan fingerprint density at radius 3 is 2.52 bits per heavy atom. The van der Waals surface area contributed by atoms with Crippen molar-refractivity contribution in [3.63, 3.8) is 0 Å². The van der Waals surface area contributed by atoms with Gasteiger partial charge >= 0.3 is 0 Å². The second kappa shape index (κ2) is 9.43. The molecule has 0 fully saturated rings. The van der Waals surface area contributed by atoms with Crippen molar-refractivity contribution in [3.05, 3.63) is 77.6 Å². The van der Waals surface area contributed by atoms with Crippen molar-refractivity contribution in [2.75, 3.05) is 5.75 Å². The normalized spacial score (nSPS) is 10.8. The largest absolute Gasteiger partial charge is 0.295 e. The first-order valence-corrected chi connectivity index (χ1v) is 10.4. The summed E-state index contributed by atoms with van der Waals surface area (Å²) in [6.45, 7) is 6.24. The average Bonchev–Trinajstić information content (AvgIpc) is 3.19. The number of aryl methyl sites for hydroxylation is 1. The molecule has 29 heavy (non-hydrogen) atoms. The van der Waals surface area contributed by atoms with Crippen LogP contribution in [0.2, 0.25) is 0 Å². The van der Waals surface area contributed by atoms with Crippen LogP contribution in [0.3, 0.4) is 0 Å². The minimum absolute atomic E-state index is 0.134. The number of benzene rings is 2. The molecule has 0 aliphatic heterocycles. The molecule has 0 saturated carbocycles. The summed E-state index contributed by atoms with van der Waals surface area (Å²) in [6.07, 6.45) is 3.61. The van der Waals surface area contributed by atoms with Crippen LogP contribution in [0.1, 0.15) is 41.3 Å². The number of imidazole rings is 1. The van der Waals surface area contributed by atoms with Crippen LogP contribution in [0, 0.1) is 6.92 Å². The van der Waals surface area contributed by atoms with Crippen molar-refractivity contribution >= 4 is 23.6 Å². The molecule has 0 aliphatic carbocycles. The van der Waals surface area contributed by atoms with Gasteiger partial charge in [0.05, 0.1) is 11.4 Å². The molecule has 3 rings (SSSR count). The van der Waals surface area contributed by atoms with Gasteiger partial charge in [-0.3, -0.25) is 25.0 Å². The Morgan fingerprint density at radius 2 is 1.79 bits per heavy atom. The molecule has 0 unspecified atom stereocenters. The van der Waals surface area contributed by atoms with Gasteiger partial charge in [-0.1, -0.05) is 61.5 Å². The highest BCUT2D eigenvalue weighted by atomic mass is 32.2. The Balaban J connectivity index is 1.59. The SMILES string of the molecule is Cc1ccc(C(=O)NNC(=O)CSc2nccn2-c2ccccc2C(C)C)cc1. The van der Waals surface area contributed by atoms with Crippen molar-refractivity contribution < 1.29 is 9.59 Å². The van der Waals surface area contributed by atoms with Crippen LogP contribution in [0.4, 0.5) is 0 Å². The second-order valence-electron chi connectivity index (χ2n) is 6.95. The third-order valence-electron chi connectivity index (χ3n) is 4.39. The number of hydrogen-bond donors (Lipinski definition) is 2. The number of rotatable bonds is 6. The summed E-state index contributed by atoms with van der Waals surface area (Å²) in [5.41, 5.74) is 8.71. The molecule has 7 heteroatoms. The number of thioether (sulfide) groups is 1. The van der Waals surface area contributed by atoms with Crippen LogP contribution >= 0.6 is 11.8 Å². The maximum Gasteiger partial charge on any atom is 0.269 e. The number of hydrogen-bond acceptors (Lipinski definition) is 4. The summed E-state index contributed by atoms with van der Waals surface area (Å²) < 4.78 is 1.98. The smallest absolute Gasteiger partial charge is 0.269 e. The second-order valence-corrected chi connectivity index (χ2v) is 7.89. The van der Waals surface area contributed by atoms with Crippen LogP contribution < -0.4 is 10.9 Å². The predicted molar refractivity (Wildman–Crippen MR) is 115 cm³/mol. The number of para-hydroxylation sites is 1. The minimum atomic E-state index is -0.351. The zero-order chi connectivity index (χ0) is 20.8. The topological polar surface area (TPSA) is 76.0 Å². The summed E-state index contributed by atoms with van der Waals surface area (Å²) in [7, 11) is 0. The Hall–Kier alpha value is -3.06. The van der Waals surface area contributed by atoms with Gasteiger partial charge < -0.3 is 0 Å². The molecule has 0 atom stereocenters. The molecule has 0 spiro atoms. The number of aromatic nitrogens is 2. The van der Waals surface area contributed by atoms with E-state index in [1.54, 1.807) is 18.3 Å². The molecular formula is C22H24N4O2S. The van der Waals surface area contributed by atoms with E-state index in [9.17, 15) is 9.59 Å². The van der Waals surface area contributed by atoms with E-state index in [1.807, 2.05) is 48.0 Å². The Morgan fingerprint density at radius 1 is 1.07 bits per heavy atom. The van der Waals surface area contributed by atoms with Gasteiger partial charge in [-0.05, 0) is 36.6 Å². The number of carbonyl (C=O) groups excluding carboxylic acids is 2. The first-order chi connectivity index (χ1) is 14.0. The number of hydrazine groups is 1. The van der Waals surface area contributed by atoms with E-state index >= 15 is 0 Å². The quantitative estimate of drug-likeness (QED) is 0.480. The van der Waals surface area contributed by atoms with Crippen molar-refractivity contribution in [1.82, 2.24) is 20.4 Å². The van der Waals surface area contributed by atoms with Crippen LogP contribution in [-0.2, 0) is 4.79 Å². The lowest BCUT2D eigenvalue weighted by Crippen LogP contribution is -2.42. The monoisotopic (exact) mass is 408 g/mol. The fraction of sp³-hybridized carbons (Fsp3) is 0.227. The highest BCUT2D eigenvalue weighted by molar-refractivity contribution is 7.99. The van der Waals surface area contributed by atoms with Crippen molar-refractivity contribution in [2.45, 2.75) is 31.8 Å². The highest BCUT2D eigenvalue weighted by Crippen LogP contribution is 2.27. The molecule has 1 aromatic heterocycles. The summed E-state index contributed by atoms with van der Waals surface area (Å²) >= 11 is 1.32. The van der Waals surface area contributed by atoms with Crippen LogP contribution in [0.25, 0.3) is 5.69 Å². The van der Waals surface area contributed by atoms with Gasteiger partial charge in [-0.25, -0.2) is 4.98 Å². The molecule has 0 bridgehead atoms. The third-order valence-corrected chi connectivity index (χ3v) is 5.35. The molecule has 3 aromatic rings. The molecule has 150 valence electrons. The maximum atomic E-state index is 12.2. The molecule has 0 aliphatic rings. The van der Waals surface area contributed by atoms with Gasteiger partial charge in [-0.2, -0.15) is 0 Å². The Kier molecular flexibility index (Phi) is 6.72. The molecule has 2 N–H and O–H groups in total. The zero-order valence-corrected chi connectivity index (χ0v) is 17.5. The fourth-order valence-corrected chi connectivity index (χ4v) is 3.61. The number of carbonyl (C=O) groups is 2. The van der Waals surface area contributed by atoms with Crippen LogP contribution in [0.15, 0.2) is 66.1 Å². The van der Waals surface area contributed by atoms with E-state index in [-0.39, 0.29) is 17.6 Å². The molecule has 2 aromatic carbocycles. The fourth-order valence-electron chi connectivity index (χ4n) is 2.84. The van der Waals surface area contributed by atoms with E-state index in [4.69, 9.17) is 0 Å². The van der Waals surface area contributed by atoms with Crippen molar-refractivity contribution in [1.29, 1.82) is 0 Å². The van der Waals surface area contributed by atoms with Gasteiger partial charge in [0.2, 0.25) is 5.91 Å². The highest BCUT2D eigenvalue weighted by Gasteiger charge is 2.13. The van der Waals surface area contributed by atoms with Gasteiger partial charge in [0.25, 0.3) is 5.91 Å². The van der Waals surface area contributed by atoms with E-state index < -0.39 is 0 Å². The first-order valence-electron chi connectivity index (χ1n) is 9.37. The van der Waals surface area contributed by atoms with Crippen LogP contribution in [0.5, 0.6) is 0 Å². The van der Waals surface area contributed by atoms with Crippen molar-refractivity contribution in [3.8, 4) is 5.69 Å². The van der Waals surface area contributed by atoms with Crippen LogP contribution in [-0.4, -0.2) is 27.1 Å². The lowest BCUT2D eigenvalue weighted by atomic mass is 10.0. The number of nitrogens with zero attached hydrogens (tertiary/aromatic N) is 2. The zero-order valence-electron chi connectivity index (χ0n) is 16.7. The molecule has 1 heterocycles. The number of amides is 2. The summed E-state index contributed by atoms with van der Waals surface area (Å²) in [5.74, 6) is -0.153. The summed E-state index contributed by atoms with van der Waals surface area (Å²) in [5, 5.41) is 0.720. The van der Waals surface area contributed by atoms with E-state index in [2.05, 4.69) is 35.7 Å². The molecule has 6 nitrogen and oxygen atoms in total. The molecule has 0 saturated heterocycles. The van der Waals surface area contributed by atoms with Crippen molar-refractivity contribution in [2.24, 2.45) is 0 Å². The molecular weight excluding hydrogens is 384 g/mol. The average molecular weight is 409 g/mol. The Labute approximate surface area is 174 Å². The number of nitrogens with one attached hydrogen (secondary N) is 2. The summed E-state index contributed by atoms with van der Waals surface area (Å²) in [6, 6.07) is 15.3. The predicted octanol–water partition coefficient (Wildman–Crippen LogP) is 3.86. The van der Waals surface area contributed by atoms with Gasteiger partial charge in [0.15, 0.2) is 5.16 Å². The van der Waals surface area contributed by atoms with Gasteiger partial charge in [0.1, 0.15) is 0 Å². The minimum Gasteiger partial charge on any atom is -0.295 e. The Bertz CT molecular complexity index is 996. The van der Waals surface area contributed by atoms with E-state index in [0.29, 0.717) is 11.5 Å². The van der Waals surface area contributed by atoms with E-state index in [0.717, 1.165) is 16.4 Å². The maximum absolute atomic E-state index is 12.2. The lowest BCUT2D eigenvalue weighted by Gasteiger charge is -2.15. The van der Waals surface area contributed by atoms with E-state index in [1.165, 1.54) is 17.3 Å². The molecule has 2 amide bonds. The van der Waals surface area contributed by atoms with Gasteiger partial charge in [0, 0.05) is 18.0 Å².